The molecule has 7 rings (SSSR count). The maximum absolute atomic E-state index is 4.62. The molecular weight excluding hydrogens is 821 g/mol. The molecule has 0 N–H and O–H groups in total. The summed E-state index contributed by atoms with van der Waals surface area (Å²) in [6.07, 6.45) is 20.6. The van der Waals surface area contributed by atoms with E-state index in [2.05, 4.69) is 190 Å². The Balaban J connectivity index is 1.25. The number of hydrogen-bond acceptors (Lipinski definition) is 0. The van der Waals surface area contributed by atoms with E-state index in [-0.39, 0.29) is 5.41 Å². The van der Waals surface area contributed by atoms with Gasteiger partial charge in [-0.05, 0) is 143 Å². The third kappa shape index (κ3) is 10.3. The van der Waals surface area contributed by atoms with Crippen molar-refractivity contribution >= 4 is 62.0 Å². The summed E-state index contributed by atoms with van der Waals surface area (Å²) >= 11 is 0. The Hall–Kier alpha value is -3.22. The number of rotatable bonds is 20. The third-order valence-corrected chi connectivity index (χ3v) is 25.0. The van der Waals surface area contributed by atoms with E-state index >= 15 is 0 Å². The number of benzene rings is 6. The largest absolute Gasteiger partial charge is 0.112 e. The van der Waals surface area contributed by atoms with Crippen molar-refractivity contribution in [1.82, 2.24) is 0 Å². The van der Waals surface area contributed by atoms with Crippen molar-refractivity contribution in [1.29, 1.82) is 0 Å². The molecule has 0 amide bonds. The van der Waals surface area contributed by atoms with Crippen molar-refractivity contribution in [3.63, 3.8) is 0 Å². The highest BCUT2D eigenvalue weighted by Crippen LogP contribution is 2.52. The molecule has 0 aliphatic heterocycles. The molecule has 0 nitrogen and oxygen atoms in total. The molecule has 324 valence electrons. The molecule has 1 aliphatic rings. The van der Waals surface area contributed by atoms with Crippen molar-refractivity contribution in [2.45, 2.75) is 142 Å². The number of unbranched alkanes of at least 4 members (excludes halogenated alkanes) is 4. The maximum atomic E-state index is 4.62. The van der Waals surface area contributed by atoms with Gasteiger partial charge in [-0.2, -0.15) is 0 Å². The Morgan fingerprint density at radius 2 is 0.565 bits per heavy atom. The predicted octanol–water partition coefficient (Wildman–Crippen LogP) is 15.0. The average Bonchev–Trinajstić information content (AvgIpc) is 3.34. The van der Waals surface area contributed by atoms with Gasteiger partial charge in [0.05, 0.1) is 0 Å². The van der Waals surface area contributed by atoms with Crippen molar-refractivity contribution in [2.24, 2.45) is 0 Å². The molecule has 0 radical (unpaired) electrons. The minimum absolute atomic E-state index is 0.00128. The summed E-state index contributed by atoms with van der Waals surface area (Å²) in [5, 5.41) is 8.32. The van der Waals surface area contributed by atoms with Crippen LogP contribution in [0.5, 0.6) is 0 Å². The Bertz CT molecular complexity index is 2100. The fourth-order valence-electron chi connectivity index (χ4n) is 9.87. The minimum atomic E-state index is -2.07. The van der Waals surface area contributed by atoms with Crippen LogP contribution in [-0.2, 0) is 31.1 Å². The first-order valence-electron chi connectivity index (χ1n) is 24.2. The zero-order chi connectivity index (χ0) is 43.4. The predicted molar refractivity (Wildman–Crippen MR) is 285 cm³/mol. The first-order valence-corrected chi connectivity index (χ1v) is 30.4. The van der Waals surface area contributed by atoms with Crippen LogP contribution in [0.1, 0.15) is 145 Å². The Morgan fingerprint density at radius 1 is 0.339 bits per heavy atom. The molecule has 6 aromatic carbocycles. The summed E-state index contributed by atoms with van der Waals surface area (Å²) in [6.45, 7) is 4.98. The zero-order valence-electron chi connectivity index (χ0n) is 38.3. The molecule has 0 heterocycles. The van der Waals surface area contributed by atoms with Gasteiger partial charge in [0.15, 0.2) is 0 Å². The lowest BCUT2D eigenvalue weighted by Crippen LogP contribution is -2.32. The molecule has 1 aliphatic carbocycles. The molecule has 6 aromatic rings. The molecule has 0 spiro atoms. The van der Waals surface area contributed by atoms with Crippen LogP contribution >= 0.6 is 30.2 Å². The van der Waals surface area contributed by atoms with Gasteiger partial charge in [-0.25, -0.2) is 0 Å². The van der Waals surface area contributed by atoms with Crippen molar-refractivity contribution < 1.29 is 0 Å². The Kier molecular flexibility index (Phi) is 16.7. The maximum Gasteiger partial charge on any atom is 0.0202 e. The molecule has 0 saturated heterocycles. The van der Waals surface area contributed by atoms with Crippen LogP contribution in [0.2, 0.25) is 0 Å². The molecule has 1 saturated carbocycles. The first-order chi connectivity index (χ1) is 30.3. The summed E-state index contributed by atoms with van der Waals surface area (Å²) in [5.74, 6) is 0. The van der Waals surface area contributed by atoms with Gasteiger partial charge in [0.1, 0.15) is 0 Å². The summed E-state index contributed by atoms with van der Waals surface area (Å²) < 4.78 is 0. The zero-order valence-corrected chi connectivity index (χ0v) is 42.1. The molecule has 0 unspecified atom stereocenters. The highest BCUT2D eigenvalue weighted by molar-refractivity contribution is 8.13. The van der Waals surface area contributed by atoms with Crippen LogP contribution in [0.4, 0.5) is 0 Å². The fourth-order valence-corrected chi connectivity index (χ4v) is 17.9. The lowest BCUT2D eigenvalue weighted by atomic mass is 9.65. The lowest BCUT2D eigenvalue weighted by molar-refractivity contribution is 0.346. The topological polar surface area (TPSA) is 0 Å². The normalized spacial score (nSPS) is 14.2. The summed E-state index contributed by atoms with van der Waals surface area (Å²) in [7, 11) is 9.24. The summed E-state index contributed by atoms with van der Waals surface area (Å²) in [6, 6.07) is 58.1. The van der Waals surface area contributed by atoms with E-state index in [1.807, 2.05) is 0 Å². The van der Waals surface area contributed by atoms with E-state index < -0.39 is 13.1 Å². The highest BCUT2D eigenvalue weighted by Gasteiger charge is 2.37. The summed E-state index contributed by atoms with van der Waals surface area (Å²) in [5.41, 5.74) is 8.66. The second-order valence-electron chi connectivity index (χ2n) is 18.2. The standard InChI is InChI=1S/C58H72P4/c1-5-9-16-46-20-32-52(33-21-46)61(59,53-34-22-47(23-35-53)17-10-6-2)56-40-28-50(29-41-56)58(44-14-13-15-45-58)51-30-42-57(43-31-51)62(60,54-36-24-48(25-37-54)18-11-7-3)55-38-26-49(27-39-55)19-12-8-4/h20-43,59-60H,5-19,44-45H2,1-4H3. The lowest BCUT2D eigenvalue weighted by Gasteiger charge is -2.39. The van der Waals surface area contributed by atoms with Crippen LogP contribution in [-0.4, -0.2) is 0 Å². The Labute approximate surface area is 381 Å². The molecule has 0 aromatic heterocycles. The van der Waals surface area contributed by atoms with E-state index in [9.17, 15) is 0 Å². The van der Waals surface area contributed by atoms with Crippen LogP contribution < -0.4 is 31.8 Å². The van der Waals surface area contributed by atoms with Gasteiger partial charge in [-0.15, -0.1) is 17.1 Å². The molecule has 62 heavy (non-hydrogen) atoms. The quantitative estimate of drug-likeness (QED) is 0.0670. The highest BCUT2D eigenvalue weighted by atomic mass is 31.8. The first kappa shape index (κ1) is 46.8. The Morgan fingerprint density at radius 3 is 0.790 bits per heavy atom. The second-order valence-corrected chi connectivity index (χ2v) is 28.0. The van der Waals surface area contributed by atoms with E-state index in [0.29, 0.717) is 0 Å². The van der Waals surface area contributed by atoms with Crippen LogP contribution in [0.25, 0.3) is 0 Å². The van der Waals surface area contributed by atoms with Gasteiger partial charge < -0.3 is 0 Å². The van der Waals surface area contributed by atoms with Gasteiger partial charge in [-0.1, -0.05) is 218 Å². The summed E-state index contributed by atoms with van der Waals surface area (Å²) in [4.78, 5) is 0. The SMILES string of the molecule is CCCCc1ccc(P(=P)(c2ccc(CCCC)cc2)c2ccc(C3(c4ccc(P(=P)(c5ccc(CCCC)cc5)c5ccc(CCCC)cc5)cc4)CCCCC3)cc2)cc1. The van der Waals surface area contributed by atoms with Gasteiger partial charge >= 0.3 is 0 Å². The molecule has 4 heteroatoms. The van der Waals surface area contributed by atoms with Gasteiger partial charge in [-0.3, -0.25) is 0 Å². The monoisotopic (exact) mass is 892 g/mol. The van der Waals surface area contributed by atoms with Crippen LogP contribution in [0, 0.1) is 0 Å². The van der Waals surface area contributed by atoms with Gasteiger partial charge in [0.2, 0.25) is 0 Å². The number of hydrogen-bond donors (Lipinski definition) is 0. The van der Waals surface area contributed by atoms with Crippen molar-refractivity contribution in [2.75, 3.05) is 0 Å². The van der Waals surface area contributed by atoms with E-state index in [1.54, 1.807) is 0 Å². The van der Waals surface area contributed by atoms with E-state index in [0.717, 1.165) is 25.7 Å². The second kappa shape index (κ2) is 22.1. The third-order valence-electron chi connectivity index (χ3n) is 13.9. The van der Waals surface area contributed by atoms with Crippen molar-refractivity contribution in [3.8, 4) is 0 Å². The smallest absolute Gasteiger partial charge is 0.0202 e. The van der Waals surface area contributed by atoms with Crippen LogP contribution in [0.15, 0.2) is 146 Å². The molecule has 1 fully saturated rings. The molecule has 0 bridgehead atoms. The van der Waals surface area contributed by atoms with E-state index in [4.69, 9.17) is 0 Å². The van der Waals surface area contributed by atoms with Gasteiger partial charge in [0, 0.05) is 5.41 Å². The van der Waals surface area contributed by atoms with Gasteiger partial charge in [0.25, 0.3) is 0 Å². The molecule has 0 atom stereocenters. The number of aryl methyl sites for hydroxylation is 4. The van der Waals surface area contributed by atoms with E-state index in [1.165, 1.54) is 149 Å². The fraction of sp³-hybridized carbons (Fsp3) is 0.379. The van der Waals surface area contributed by atoms with Crippen LogP contribution in [0.3, 0.4) is 0 Å². The average molecular weight is 893 g/mol. The molecular formula is C58H72P4. The van der Waals surface area contributed by atoms with Crippen molar-refractivity contribution in [3.05, 3.63) is 179 Å². The minimum Gasteiger partial charge on any atom is -0.112 e.